The molecule has 1 unspecified atom stereocenters. The van der Waals surface area contributed by atoms with Crippen LogP contribution in [0.5, 0.6) is 5.75 Å². The molecule has 2 aromatic rings. The lowest BCUT2D eigenvalue weighted by molar-refractivity contribution is -0.0685. The highest BCUT2D eigenvalue weighted by molar-refractivity contribution is 6.12. The number of carbonyl (C=O) groups excluding carboxylic acids is 2. The first-order chi connectivity index (χ1) is 9.54. The molecule has 0 aliphatic carbocycles. The number of fused-ring (bicyclic) bond motifs is 3. The predicted molar refractivity (Wildman–Crippen MR) is 70.9 cm³/mol. The number of hydrogen-bond acceptors (Lipinski definition) is 5. The summed E-state index contributed by atoms with van der Waals surface area (Å²) in [5, 5.41) is 20.8. The maximum absolute atomic E-state index is 12.0. The van der Waals surface area contributed by atoms with Gasteiger partial charge in [0, 0.05) is 17.2 Å². The van der Waals surface area contributed by atoms with E-state index in [9.17, 15) is 19.8 Å². The van der Waals surface area contributed by atoms with Gasteiger partial charge in [-0.05, 0) is 18.1 Å². The molecule has 0 saturated heterocycles. The normalized spacial score (nSPS) is 17.7. The van der Waals surface area contributed by atoms with Crippen LogP contribution in [0.15, 0.2) is 18.2 Å². The molecule has 3 rings (SSSR count). The number of esters is 1. The molecule has 0 amide bonds. The zero-order valence-corrected chi connectivity index (χ0v) is 10.7. The van der Waals surface area contributed by atoms with Gasteiger partial charge >= 0.3 is 5.97 Å². The summed E-state index contributed by atoms with van der Waals surface area (Å²) in [4.78, 5) is 23.3. The summed E-state index contributed by atoms with van der Waals surface area (Å²) in [6.07, 6.45) is -0.798. The van der Waals surface area contributed by atoms with Crippen LogP contribution in [0, 0.1) is 6.92 Å². The molecular formula is C15H12O5. The monoisotopic (exact) mass is 272 g/mol. The van der Waals surface area contributed by atoms with Crippen LogP contribution in [0.1, 0.15) is 31.8 Å². The van der Waals surface area contributed by atoms with Gasteiger partial charge in [-0.15, -0.1) is 0 Å². The summed E-state index contributed by atoms with van der Waals surface area (Å²) < 4.78 is 4.82. The van der Waals surface area contributed by atoms with Crippen LogP contribution in [0.25, 0.3) is 10.8 Å². The first kappa shape index (κ1) is 12.6. The fourth-order valence-electron chi connectivity index (χ4n) is 2.74. The van der Waals surface area contributed by atoms with Crippen LogP contribution in [0.2, 0.25) is 0 Å². The zero-order valence-electron chi connectivity index (χ0n) is 10.7. The average Bonchev–Trinajstić information content (AvgIpc) is 2.38. The van der Waals surface area contributed by atoms with E-state index in [-0.39, 0.29) is 23.3 Å². The number of aliphatic hydroxyl groups is 1. The maximum atomic E-state index is 12.0. The minimum absolute atomic E-state index is 0.00735. The summed E-state index contributed by atoms with van der Waals surface area (Å²) in [6, 6.07) is 5.23. The van der Waals surface area contributed by atoms with Gasteiger partial charge in [0.25, 0.3) is 0 Å². The highest BCUT2D eigenvalue weighted by Crippen LogP contribution is 2.39. The Balaban J connectivity index is 2.53. The van der Waals surface area contributed by atoms with Gasteiger partial charge in [-0.3, -0.25) is 4.79 Å². The maximum Gasteiger partial charge on any atom is 0.341 e. The Labute approximate surface area is 114 Å². The van der Waals surface area contributed by atoms with Gasteiger partial charge in [0.1, 0.15) is 5.75 Å². The van der Waals surface area contributed by atoms with E-state index in [1.807, 2.05) is 0 Å². The quantitative estimate of drug-likeness (QED) is 0.609. The standard InChI is InChI=1S/C15H12O5/c1-7-3-2-4-8-12(7)14(18)10(6-16)9-5-11(17)20-15(19)13(8)9/h2-4,6,11,17-18H,5H2,1H3. The van der Waals surface area contributed by atoms with Crippen molar-refractivity contribution in [2.45, 2.75) is 19.6 Å². The van der Waals surface area contributed by atoms with E-state index in [1.54, 1.807) is 25.1 Å². The Bertz CT molecular complexity index is 748. The number of cyclic esters (lactones) is 1. The van der Waals surface area contributed by atoms with E-state index in [1.165, 1.54) is 0 Å². The first-order valence-electron chi connectivity index (χ1n) is 6.16. The van der Waals surface area contributed by atoms with Gasteiger partial charge in [0.05, 0.1) is 11.1 Å². The van der Waals surface area contributed by atoms with Crippen LogP contribution in [-0.2, 0) is 11.2 Å². The van der Waals surface area contributed by atoms with Crippen LogP contribution in [0.3, 0.4) is 0 Å². The second-order valence-corrected chi connectivity index (χ2v) is 4.80. The molecule has 1 aliphatic rings. The number of hydrogen-bond donors (Lipinski definition) is 2. The predicted octanol–water partition coefficient (Wildman–Crippen LogP) is 1.70. The highest BCUT2D eigenvalue weighted by Gasteiger charge is 2.31. The second-order valence-electron chi connectivity index (χ2n) is 4.80. The van der Waals surface area contributed by atoms with Gasteiger partial charge < -0.3 is 14.9 Å². The third-order valence-corrected chi connectivity index (χ3v) is 3.60. The molecule has 1 heterocycles. The molecule has 5 nitrogen and oxygen atoms in total. The number of aromatic hydroxyl groups is 1. The van der Waals surface area contributed by atoms with Gasteiger partial charge in [-0.1, -0.05) is 18.2 Å². The minimum atomic E-state index is -1.30. The number of aliphatic hydroxyl groups excluding tert-OH is 1. The van der Waals surface area contributed by atoms with Crippen molar-refractivity contribution >= 4 is 23.0 Å². The van der Waals surface area contributed by atoms with Crippen LogP contribution >= 0.6 is 0 Å². The van der Waals surface area contributed by atoms with E-state index in [4.69, 9.17) is 4.74 Å². The summed E-state index contributed by atoms with van der Waals surface area (Å²) in [5.74, 6) is -0.841. The summed E-state index contributed by atoms with van der Waals surface area (Å²) in [7, 11) is 0. The van der Waals surface area contributed by atoms with Crippen molar-refractivity contribution in [3.05, 3.63) is 40.5 Å². The lowest BCUT2D eigenvalue weighted by atomic mass is 9.88. The van der Waals surface area contributed by atoms with Crippen molar-refractivity contribution in [1.82, 2.24) is 0 Å². The van der Waals surface area contributed by atoms with E-state index >= 15 is 0 Å². The van der Waals surface area contributed by atoms with Crippen molar-refractivity contribution in [3.8, 4) is 5.75 Å². The molecule has 102 valence electrons. The summed E-state index contributed by atoms with van der Waals surface area (Å²) in [6.45, 7) is 1.78. The van der Waals surface area contributed by atoms with Crippen molar-refractivity contribution in [3.63, 3.8) is 0 Å². The third kappa shape index (κ3) is 1.60. The molecule has 20 heavy (non-hydrogen) atoms. The Morgan fingerprint density at radius 3 is 2.85 bits per heavy atom. The number of aldehydes is 1. The van der Waals surface area contributed by atoms with Crippen LogP contribution in [-0.4, -0.2) is 28.8 Å². The Morgan fingerprint density at radius 1 is 1.40 bits per heavy atom. The largest absolute Gasteiger partial charge is 0.507 e. The number of rotatable bonds is 1. The number of aryl methyl sites for hydroxylation is 1. The molecule has 0 spiro atoms. The summed E-state index contributed by atoms with van der Waals surface area (Å²) >= 11 is 0. The highest BCUT2D eigenvalue weighted by atomic mass is 16.6. The molecule has 0 saturated carbocycles. The molecule has 2 aromatic carbocycles. The Hall–Kier alpha value is -2.40. The molecule has 0 aromatic heterocycles. The van der Waals surface area contributed by atoms with Crippen molar-refractivity contribution in [2.24, 2.45) is 0 Å². The number of phenols is 1. The zero-order chi connectivity index (χ0) is 14.4. The molecule has 1 aliphatic heterocycles. The molecule has 0 radical (unpaired) electrons. The molecule has 0 fully saturated rings. The number of benzene rings is 2. The Morgan fingerprint density at radius 2 is 2.15 bits per heavy atom. The number of ether oxygens (including phenoxy) is 1. The van der Waals surface area contributed by atoms with Gasteiger partial charge in [-0.2, -0.15) is 0 Å². The molecule has 0 bridgehead atoms. The lowest BCUT2D eigenvalue weighted by Crippen LogP contribution is -2.28. The minimum Gasteiger partial charge on any atom is -0.507 e. The summed E-state index contributed by atoms with van der Waals surface area (Å²) in [5.41, 5.74) is 1.37. The lowest BCUT2D eigenvalue weighted by Gasteiger charge is -2.24. The third-order valence-electron chi connectivity index (χ3n) is 3.60. The van der Waals surface area contributed by atoms with Crippen LogP contribution in [0.4, 0.5) is 0 Å². The molecule has 2 N–H and O–H groups in total. The smallest absolute Gasteiger partial charge is 0.341 e. The SMILES string of the molecule is Cc1cccc2c3c(c(C=O)c(O)c12)CC(O)OC3=O. The fraction of sp³-hybridized carbons (Fsp3) is 0.200. The molecule has 5 heteroatoms. The van der Waals surface area contributed by atoms with E-state index < -0.39 is 12.3 Å². The first-order valence-corrected chi connectivity index (χ1v) is 6.16. The average molecular weight is 272 g/mol. The van der Waals surface area contributed by atoms with E-state index in [2.05, 4.69) is 0 Å². The van der Waals surface area contributed by atoms with Crippen LogP contribution < -0.4 is 0 Å². The second kappa shape index (κ2) is 4.31. The Kier molecular flexibility index (Phi) is 2.72. The number of phenolic OH excluding ortho intramolecular Hbond substituents is 1. The van der Waals surface area contributed by atoms with Gasteiger partial charge in [0.2, 0.25) is 6.29 Å². The van der Waals surface area contributed by atoms with Gasteiger partial charge in [-0.25, -0.2) is 4.79 Å². The van der Waals surface area contributed by atoms with E-state index in [0.717, 1.165) is 5.56 Å². The van der Waals surface area contributed by atoms with E-state index in [0.29, 0.717) is 22.6 Å². The van der Waals surface area contributed by atoms with Gasteiger partial charge in [0.15, 0.2) is 6.29 Å². The topological polar surface area (TPSA) is 83.8 Å². The fourth-order valence-corrected chi connectivity index (χ4v) is 2.74. The molecular weight excluding hydrogens is 260 g/mol. The van der Waals surface area contributed by atoms with Crippen molar-refractivity contribution in [2.75, 3.05) is 0 Å². The van der Waals surface area contributed by atoms with Crippen molar-refractivity contribution in [1.29, 1.82) is 0 Å². The number of carbonyl (C=O) groups is 2. The van der Waals surface area contributed by atoms with Crippen molar-refractivity contribution < 1.29 is 24.5 Å². The molecule has 1 atom stereocenters.